The third kappa shape index (κ3) is 5.00. The molecule has 0 unspecified atom stereocenters. The van der Waals surface area contributed by atoms with Gasteiger partial charge in [0.25, 0.3) is 0 Å². The number of ether oxygens (including phenoxy) is 1. The van der Waals surface area contributed by atoms with Crippen LogP contribution in [0.2, 0.25) is 0 Å². The summed E-state index contributed by atoms with van der Waals surface area (Å²) >= 11 is 0. The van der Waals surface area contributed by atoms with Crippen LogP contribution >= 0.6 is 0 Å². The van der Waals surface area contributed by atoms with Crippen LogP contribution < -0.4 is 10.1 Å². The number of amides is 2. The van der Waals surface area contributed by atoms with E-state index < -0.39 is 0 Å². The van der Waals surface area contributed by atoms with E-state index >= 15 is 0 Å². The summed E-state index contributed by atoms with van der Waals surface area (Å²) in [5.41, 5.74) is 2.15. The van der Waals surface area contributed by atoms with Gasteiger partial charge in [0.1, 0.15) is 12.4 Å². The fourth-order valence-corrected chi connectivity index (χ4v) is 2.95. The Morgan fingerprint density at radius 1 is 1.08 bits per heavy atom. The van der Waals surface area contributed by atoms with Gasteiger partial charge >= 0.3 is 6.03 Å². The normalized spacial score (nSPS) is 14.5. The Morgan fingerprint density at radius 2 is 1.77 bits per heavy atom. The van der Waals surface area contributed by atoms with Crippen LogP contribution in [-0.2, 0) is 13.2 Å². The second kappa shape index (κ2) is 8.91. The Balaban J connectivity index is 1.43. The van der Waals surface area contributed by atoms with Crippen molar-refractivity contribution in [2.75, 3.05) is 13.1 Å². The van der Waals surface area contributed by atoms with Gasteiger partial charge in [0.05, 0.1) is 6.07 Å². The van der Waals surface area contributed by atoms with Gasteiger partial charge < -0.3 is 15.0 Å². The van der Waals surface area contributed by atoms with Crippen molar-refractivity contribution in [2.24, 2.45) is 5.92 Å². The van der Waals surface area contributed by atoms with Gasteiger partial charge in [0, 0.05) is 25.6 Å². The summed E-state index contributed by atoms with van der Waals surface area (Å²) in [5.74, 6) is 0.894. The van der Waals surface area contributed by atoms with E-state index in [1.165, 1.54) is 0 Å². The third-order valence-electron chi connectivity index (χ3n) is 4.58. The van der Waals surface area contributed by atoms with Crippen molar-refractivity contribution in [1.29, 1.82) is 5.26 Å². The van der Waals surface area contributed by atoms with Crippen molar-refractivity contribution in [3.05, 3.63) is 65.7 Å². The van der Waals surface area contributed by atoms with Crippen LogP contribution in [0.1, 0.15) is 24.0 Å². The number of urea groups is 1. The minimum absolute atomic E-state index is 0.0641. The lowest BCUT2D eigenvalue weighted by atomic mass is 9.99. The number of hydrogen-bond acceptors (Lipinski definition) is 3. The molecule has 1 saturated heterocycles. The molecule has 26 heavy (non-hydrogen) atoms. The number of hydrogen-bond donors (Lipinski definition) is 1. The molecule has 1 aliphatic heterocycles. The molecule has 5 nitrogen and oxygen atoms in total. The highest BCUT2D eigenvalue weighted by molar-refractivity contribution is 5.74. The molecule has 1 fully saturated rings. The maximum atomic E-state index is 12.2. The lowest BCUT2D eigenvalue weighted by molar-refractivity contribution is 0.178. The van der Waals surface area contributed by atoms with Crippen LogP contribution in [0.5, 0.6) is 5.75 Å². The van der Waals surface area contributed by atoms with E-state index in [0.29, 0.717) is 26.2 Å². The summed E-state index contributed by atoms with van der Waals surface area (Å²) in [6.45, 7) is 2.32. The van der Waals surface area contributed by atoms with E-state index in [-0.39, 0.29) is 11.9 Å². The molecular formula is C21H23N3O2. The van der Waals surface area contributed by atoms with Crippen LogP contribution in [0.25, 0.3) is 0 Å². The number of nitriles is 1. The monoisotopic (exact) mass is 349 g/mol. The molecule has 2 amide bonds. The summed E-state index contributed by atoms with van der Waals surface area (Å²) in [5, 5.41) is 11.9. The van der Waals surface area contributed by atoms with Gasteiger partial charge in [-0.2, -0.15) is 5.26 Å². The standard InChI is InChI=1S/C21H23N3O2/c22-14-17-10-12-24(13-11-17)21(25)23-15-18-6-8-20(9-7-18)26-16-19-4-2-1-3-5-19/h1-9,17H,10-13,15-16H2,(H,23,25). The largest absolute Gasteiger partial charge is 0.489 e. The van der Waals surface area contributed by atoms with Gasteiger partial charge in [-0.15, -0.1) is 0 Å². The number of carbonyl (C=O) groups is 1. The number of carbonyl (C=O) groups excluding carboxylic acids is 1. The highest BCUT2D eigenvalue weighted by Gasteiger charge is 2.22. The average Bonchev–Trinajstić information content (AvgIpc) is 2.72. The molecule has 5 heteroatoms. The lowest BCUT2D eigenvalue weighted by Gasteiger charge is -2.29. The second-order valence-electron chi connectivity index (χ2n) is 6.47. The Kier molecular flexibility index (Phi) is 6.10. The SMILES string of the molecule is N#CC1CCN(C(=O)NCc2ccc(OCc3ccccc3)cc2)CC1. The van der Waals surface area contributed by atoms with Gasteiger partial charge in [-0.3, -0.25) is 0 Å². The molecular weight excluding hydrogens is 326 g/mol. The zero-order chi connectivity index (χ0) is 18.2. The van der Waals surface area contributed by atoms with E-state index in [1.54, 1.807) is 4.90 Å². The van der Waals surface area contributed by atoms with Crippen LogP contribution in [-0.4, -0.2) is 24.0 Å². The molecule has 0 bridgehead atoms. The summed E-state index contributed by atoms with van der Waals surface area (Å²) in [6, 6.07) is 20.0. The van der Waals surface area contributed by atoms with E-state index in [2.05, 4.69) is 11.4 Å². The van der Waals surface area contributed by atoms with Gasteiger partial charge in [-0.05, 0) is 36.1 Å². The minimum atomic E-state index is -0.0641. The van der Waals surface area contributed by atoms with Crippen molar-refractivity contribution in [1.82, 2.24) is 10.2 Å². The molecule has 1 heterocycles. The fraction of sp³-hybridized carbons (Fsp3) is 0.333. The zero-order valence-electron chi connectivity index (χ0n) is 14.7. The molecule has 2 aromatic carbocycles. The van der Waals surface area contributed by atoms with Crippen molar-refractivity contribution < 1.29 is 9.53 Å². The second-order valence-corrected chi connectivity index (χ2v) is 6.47. The molecule has 134 valence electrons. The highest BCUT2D eigenvalue weighted by atomic mass is 16.5. The number of rotatable bonds is 5. The molecule has 1 aliphatic rings. The van der Waals surface area contributed by atoms with Gasteiger partial charge in [0.15, 0.2) is 0 Å². The van der Waals surface area contributed by atoms with Crippen LogP contribution in [0, 0.1) is 17.2 Å². The molecule has 3 rings (SSSR count). The predicted molar refractivity (Wildman–Crippen MR) is 99.4 cm³/mol. The predicted octanol–water partition coefficient (Wildman–Crippen LogP) is 3.71. The molecule has 0 saturated carbocycles. The smallest absolute Gasteiger partial charge is 0.317 e. The first-order valence-corrected chi connectivity index (χ1v) is 8.92. The first kappa shape index (κ1) is 17.8. The first-order chi connectivity index (χ1) is 12.7. The maximum Gasteiger partial charge on any atom is 0.317 e. The van der Waals surface area contributed by atoms with E-state index in [0.717, 1.165) is 29.7 Å². The van der Waals surface area contributed by atoms with E-state index in [1.807, 2.05) is 54.6 Å². The average molecular weight is 349 g/mol. The minimum Gasteiger partial charge on any atom is -0.489 e. The molecule has 2 aromatic rings. The molecule has 0 aliphatic carbocycles. The summed E-state index contributed by atoms with van der Waals surface area (Å²) < 4.78 is 5.77. The topological polar surface area (TPSA) is 65.4 Å². The number of nitrogens with zero attached hydrogens (tertiary/aromatic N) is 2. The van der Waals surface area contributed by atoms with Gasteiger partial charge in [-0.1, -0.05) is 42.5 Å². The summed E-state index contributed by atoms with van der Waals surface area (Å²) in [7, 11) is 0. The van der Waals surface area contributed by atoms with E-state index in [9.17, 15) is 4.79 Å². The zero-order valence-corrected chi connectivity index (χ0v) is 14.7. The molecule has 0 spiro atoms. The quantitative estimate of drug-likeness (QED) is 0.895. The summed E-state index contributed by atoms with van der Waals surface area (Å²) in [4.78, 5) is 14.0. The molecule has 0 aromatic heterocycles. The Morgan fingerprint density at radius 3 is 2.42 bits per heavy atom. The van der Waals surface area contributed by atoms with Gasteiger partial charge in [0.2, 0.25) is 0 Å². The van der Waals surface area contributed by atoms with Crippen molar-refractivity contribution >= 4 is 6.03 Å². The van der Waals surface area contributed by atoms with E-state index in [4.69, 9.17) is 10.00 Å². The highest BCUT2D eigenvalue weighted by Crippen LogP contribution is 2.17. The fourth-order valence-electron chi connectivity index (χ4n) is 2.95. The number of likely N-dealkylation sites (tertiary alicyclic amines) is 1. The van der Waals surface area contributed by atoms with Crippen molar-refractivity contribution in [3.8, 4) is 11.8 Å². The molecule has 1 N–H and O–H groups in total. The van der Waals surface area contributed by atoms with Crippen molar-refractivity contribution in [3.63, 3.8) is 0 Å². The Bertz CT molecular complexity index is 745. The number of benzene rings is 2. The van der Waals surface area contributed by atoms with Crippen LogP contribution in [0.15, 0.2) is 54.6 Å². The Hall–Kier alpha value is -3.00. The maximum absolute atomic E-state index is 12.2. The Labute approximate surface area is 154 Å². The molecule has 0 atom stereocenters. The van der Waals surface area contributed by atoms with Gasteiger partial charge in [-0.25, -0.2) is 4.79 Å². The lowest BCUT2D eigenvalue weighted by Crippen LogP contribution is -2.44. The number of nitrogens with one attached hydrogen (secondary N) is 1. The van der Waals surface area contributed by atoms with Crippen molar-refractivity contribution in [2.45, 2.75) is 26.0 Å². The number of piperidine rings is 1. The summed E-state index contributed by atoms with van der Waals surface area (Å²) in [6.07, 6.45) is 1.52. The van der Waals surface area contributed by atoms with Crippen LogP contribution in [0.4, 0.5) is 4.79 Å². The van der Waals surface area contributed by atoms with Crippen LogP contribution in [0.3, 0.4) is 0 Å². The molecule has 0 radical (unpaired) electrons. The third-order valence-corrected chi connectivity index (χ3v) is 4.58. The first-order valence-electron chi connectivity index (χ1n) is 8.92.